The molecule has 0 bridgehead atoms. The smallest absolute Gasteiger partial charge is 0.335 e. The molecule has 0 amide bonds. The molecule has 0 aliphatic rings. The maximum Gasteiger partial charge on any atom is 0.335 e. The number of aliphatic carboxylic acids is 1. The van der Waals surface area contributed by atoms with Crippen LogP contribution in [0.5, 0.6) is 0 Å². The Kier molecular flexibility index (Phi) is 3.78. The first kappa shape index (κ1) is 11.9. The van der Waals surface area contributed by atoms with Crippen molar-refractivity contribution in [2.75, 3.05) is 11.6 Å². The Bertz CT molecular complexity index is 381. The van der Waals surface area contributed by atoms with Crippen LogP contribution < -0.4 is 5.01 Å². The lowest BCUT2D eigenvalue weighted by molar-refractivity contribution is -0.499. The maximum absolute atomic E-state index is 10.8. The van der Waals surface area contributed by atoms with Gasteiger partial charge in [0.1, 0.15) is 5.69 Å². The fourth-order valence-electron chi connectivity index (χ4n) is 1.23. The van der Waals surface area contributed by atoms with E-state index in [1.165, 1.54) is 12.1 Å². The SMILES string of the molecule is O=C(O)[C@H](CO)N(c1ccccc1)[N+](=O)[O-]. The van der Waals surface area contributed by atoms with Gasteiger partial charge in [-0.3, -0.25) is 0 Å². The fourth-order valence-corrected chi connectivity index (χ4v) is 1.23. The van der Waals surface area contributed by atoms with E-state index >= 15 is 0 Å². The molecule has 1 atom stereocenters. The molecule has 1 aromatic rings. The highest BCUT2D eigenvalue weighted by Crippen LogP contribution is 2.16. The minimum atomic E-state index is -1.60. The number of hydrogen-bond acceptors (Lipinski definition) is 4. The molecule has 2 N–H and O–H groups in total. The summed E-state index contributed by atoms with van der Waals surface area (Å²) in [4.78, 5) is 21.5. The number of hydrogen-bond donors (Lipinski definition) is 2. The lowest BCUT2D eigenvalue weighted by Crippen LogP contribution is -2.47. The third kappa shape index (κ3) is 2.45. The number of carboxylic acid groups (broad SMARTS) is 1. The van der Waals surface area contributed by atoms with Gasteiger partial charge in [0.15, 0.2) is 5.03 Å². The van der Waals surface area contributed by atoms with Crippen LogP contribution in [0.25, 0.3) is 0 Å². The van der Waals surface area contributed by atoms with Gasteiger partial charge in [-0.05, 0) is 12.1 Å². The van der Waals surface area contributed by atoms with Crippen molar-refractivity contribution < 1.29 is 20.0 Å². The first-order valence-electron chi connectivity index (χ1n) is 4.40. The average Bonchev–Trinajstić information content (AvgIpc) is 2.25. The molecule has 0 fully saturated rings. The van der Waals surface area contributed by atoms with Crippen molar-refractivity contribution in [1.82, 2.24) is 0 Å². The third-order valence-electron chi connectivity index (χ3n) is 1.95. The second kappa shape index (κ2) is 5.08. The fraction of sp³-hybridized carbons (Fsp3) is 0.222. The molecule has 0 spiro atoms. The van der Waals surface area contributed by atoms with E-state index in [4.69, 9.17) is 10.2 Å². The van der Waals surface area contributed by atoms with Crippen LogP contribution in [-0.4, -0.2) is 33.9 Å². The summed E-state index contributed by atoms with van der Waals surface area (Å²) in [5.74, 6) is -1.46. The predicted molar refractivity (Wildman–Crippen MR) is 54.4 cm³/mol. The van der Waals surface area contributed by atoms with Gasteiger partial charge < -0.3 is 10.2 Å². The van der Waals surface area contributed by atoms with Gasteiger partial charge in [0.05, 0.1) is 6.61 Å². The first-order valence-corrected chi connectivity index (χ1v) is 4.40. The van der Waals surface area contributed by atoms with Crippen LogP contribution in [-0.2, 0) is 4.79 Å². The summed E-state index contributed by atoms with van der Waals surface area (Å²) in [6.07, 6.45) is 0. The molecular weight excluding hydrogens is 216 g/mol. The average molecular weight is 226 g/mol. The number of hydrazine groups is 1. The molecule has 7 heteroatoms. The van der Waals surface area contributed by atoms with Crippen molar-refractivity contribution in [2.45, 2.75) is 6.04 Å². The number of aliphatic hydroxyl groups is 1. The number of nitro groups is 1. The van der Waals surface area contributed by atoms with Gasteiger partial charge in [-0.15, -0.1) is 0 Å². The molecular formula is C9H10N2O5. The Morgan fingerprint density at radius 2 is 2.00 bits per heavy atom. The van der Waals surface area contributed by atoms with Crippen molar-refractivity contribution in [3.05, 3.63) is 40.4 Å². The Balaban J connectivity index is 3.09. The molecule has 1 rings (SSSR count). The predicted octanol–water partition coefficient (Wildman–Crippen LogP) is 0.130. The van der Waals surface area contributed by atoms with Crippen LogP contribution in [0.3, 0.4) is 0 Å². The van der Waals surface area contributed by atoms with Crippen LogP contribution in [0.1, 0.15) is 0 Å². The Morgan fingerprint density at radius 1 is 1.44 bits per heavy atom. The minimum Gasteiger partial charge on any atom is -0.479 e. The molecule has 0 heterocycles. The van der Waals surface area contributed by atoms with Gasteiger partial charge in [-0.2, -0.15) is 0 Å². The van der Waals surface area contributed by atoms with Crippen molar-refractivity contribution in [3.8, 4) is 0 Å². The van der Waals surface area contributed by atoms with Crippen molar-refractivity contribution in [3.63, 3.8) is 0 Å². The minimum absolute atomic E-state index is 0.106. The Morgan fingerprint density at radius 3 is 2.38 bits per heavy atom. The van der Waals surface area contributed by atoms with Crippen LogP contribution in [0.15, 0.2) is 30.3 Å². The summed E-state index contributed by atoms with van der Waals surface area (Å²) in [6.45, 7) is -0.842. The zero-order chi connectivity index (χ0) is 12.1. The number of benzene rings is 1. The summed E-state index contributed by atoms with van der Waals surface area (Å²) in [5, 5.41) is 27.9. The molecule has 1 aromatic carbocycles. The van der Waals surface area contributed by atoms with Gasteiger partial charge in [-0.25, -0.2) is 14.9 Å². The summed E-state index contributed by atoms with van der Waals surface area (Å²) in [7, 11) is 0. The Labute approximate surface area is 90.7 Å². The molecule has 0 aliphatic carbocycles. The van der Waals surface area contributed by atoms with Crippen LogP contribution in [0, 0.1) is 10.1 Å². The lowest BCUT2D eigenvalue weighted by atomic mass is 10.2. The van der Waals surface area contributed by atoms with E-state index in [1.807, 2.05) is 0 Å². The Hall–Kier alpha value is -2.15. The largest absolute Gasteiger partial charge is 0.479 e. The molecule has 0 radical (unpaired) electrons. The van der Waals surface area contributed by atoms with E-state index in [2.05, 4.69) is 0 Å². The van der Waals surface area contributed by atoms with Crippen LogP contribution in [0.4, 0.5) is 5.69 Å². The van der Waals surface area contributed by atoms with Gasteiger partial charge >= 0.3 is 5.97 Å². The van der Waals surface area contributed by atoms with E-state index in [0.29, 0.717) is 5.01 Å². The summed E-state index contributed by atoms with van der Waals surface area (Å²) >= 11 is 0. The van der Waals surface area contributed by atoms with Gasteiger partial charge in [0, 0.05) is 0 Å². The highest BCUT2D eigenvalue weighted by atomic mass is 16.7. The molecule has 0 saturated carbocycles. The van der Waals surface area contributed by atoms with Crippen LogP contribution >= 0.6 is 0 Å². The topological polar surface area (TPSA) is 104 Å². The quantitative estimate of drug-likeness (QED) is 0.546. The molecule has 0 saturated heterocycles. The van der Waals surface area contributed by atoms with Gasteiger partial charge in [0.2, 0.25) is 6.04 Å². The number of carboxylic acids is 1. The second-order valence-electron chi connectivity index (χ2n) is 2.95. The van der Waals surface area contributed by atoms with Crippen molar-refractivity contribution in [2.24, 2.45) is 0 Å². The molecule has 86 valence electrons. The van der Waals surface area contributed by atoms with Gasteiger partial charge in [0.25, 0.3) is 0 Å². The number of nitrogens with zero attached hydrogens (tertiary/aromatic N) is 2. The summed E-state index contributed by atoms with van der Waals surface area (Å²) in [6, 6.07) is 5.93. The molecule has 16 heavy (non-hydrogen) atoms. The maximum atomic E-state index is 10.8. The molecule has 7 nitrogen and oxygen atoms in total. The summed E-state index contributed by atoms with van der Waals surface area (Å²) in [5.41, 5.74) is 0.106. The highest BCUT2D eigenvalue weighted by molar-refractivity contribution is 5.77. The lowest BCUT2D eigenvalue weighted by Gasteiger charge is -2.19. The van der Waals surface area contributed by atoms with E-state index in [1.54, 1.807) is 18.2 Å². The normalized spacial score (nSPS) is 11.8. The third-order valence-corrected chi connectivity index (χ3v) is 1.95. The highest BCUT2D eigenvalue weighted by Gasteiger charge is 2.33. The number of carbonyl (C=O) groups is 1. The number of anilines is 1. The molecule has 0 aliphatic heterocycles. The number of para-hydroxylation sites is 1. The van der Waals surface area contributed by atoms with Crippen molar-refractivity contribution >= 4 is 11.7 Å². The van der Waals surface area contributed by atoms with Crippen molar-refractivity contribution in [1.29, 1.82) is 0 Å². The zero-order valence-electron chi connectivity index (χ0n) is 8.18. The van der Waals surface area contributed by atoms with E-state index in [-0.39, 0.29) is 5.69 Å². The van der Waals surface area contributed by atoms with E-state index < -0.39 is 23.7 Å². The number of aliphatic hydroxyl groups excluding tert-OH is 1. The second-order valence-corrected chi connectivity index (χ2v) is 2.95. The van der Waals surface area contributed by atoms with Crippen LogP contribution in [0.2, 0.25) is 0 Å². The molecule has 0 aromatic heterocycles. The number of rotatable bonds is 5. The zero-order valence-corrected chi connectivity index (χ0v) is 8.18. The summed E-state index contributed by atoms with van der Waals surface area (Å²) < 4.78 is 0. The van der Waals surface area contributed by atoms with E-state index in [0.717, 1.165) is 0 Å². The van der Waals surface area contributed by atoms with E-state index in [9.17, 15) is 14.9 Å². The standard InChI is InChI=1S/C9H10N2O5/c12-6-8(9(13)14)10(11(15)16)7-4-2-1-3-5-7/h1-5,8,12H,6H2,(H,13,14)/t8-/m0/s1. The molecule has 0 unspecified atom stereocenters. The first-order chi connectivity index (χ1) is 7.57. The monoisotopic (exact) mass is 226 g/mol. The van der Waals surface area contributed by atoms with Gasteiger partial charge in [-0.1, -0.05) is 23.2 Å².